The number of hydrogen-bond acceptors (Lipinski definition) is 5. The molecule has 0 atom stereocenters. The molecule has 1 aromatic rings. The maximum absolute atomic E-state index is 12.5. The third-order valence-corrected chi connectivity index (χ3v) is 5.12. The Morgan fingerprint density at radius 1 is 1.04 bits per heavy atom. The number of piperazine rings is 1. The van der Waals surface area contributed by atoms with Crippen LogP contribution < -0.4 is 10.1 Å². The van der Waals surface area contributed by atoms with Gasteiger partial charge in [0.2, 0.25) is 5.91 Å². The monoisotopic (exact) mass is 411 g/mol. The first-order valence-electron chi connectivity index (χ1n) is 9.71. The molecular formula is C20H30ClN3O4. The lowest BCUT2D eigenvalue weighted by molar-refractivity contribution is -0.133. The van der Waals surface area contributed by atoms with Crippen molar-refractivity contribution in [3.63, 3.8) is 0 Å². The molecule has 1 N–H and O–H groups in total. The van der Waals surface area contributed by atoms with Crippen molar-refractivity contribution in [2.45, 2.75) is 25.4 Å². The summed E-state index contributed by atoms with van der Waals surface area (Å²) in [6.07, 6.45) is 2.18. The summed E-state index contributed by atoms with van der Waals surface area (Å²) in [5, 5.41) is 3.25. The van der Waals surface area contributed by atoms with Crippen molar-refractivity contribution < 1.29 is 19.1 Å². The van der Waals surface area contributed by atoms with E-state index in [1.807, 2.05) is 34.1 Å². The smallest absolute Gasteiger partial charge is 0.253 e. The van der Waals surface area contributed by atoms with Crippen LogP contribution in [-0.4, -0.2) is 80.7 Å². The lowest BCUT2D eigenvalue weighted by atomic mass is 10.1. The Labute approximate surface area is 172 Å². The maximum Gasteiger partial charge on any atom is 0.253 e. The molecule has 2 fully saturated rings. The van der Waals surface area contributed by atoms with Gasteiger partial charge in [-0.3, -0.25) is 9.59 Å². The van der Waals surface area contributed by atoms with Gasteiger partial charge in [0, 0.05) is 64.8 Å². The van der Waals surface area contributed by atoms with Crippen molar-refractivity contribution >= 4 is 24.2 Å². The molecule has 0 unspecified atom stereocenters. The average Bonchev–Trinajstić information content (AvgIpc) is 2.73. The lowest BCUT2D eigenvalue weighted by Crippen LogP contribution is -2.46. The Balaban J connectivity index is 0.00000280. The molecular weight excluding hydrogens is 382 g/mol. The Hall–Kier alpha value is -1.83. The zero-order valence-corrected chi connectivity index (χ0v) is 17.2. The molecule has 2 amide bonds. The summed E-state index contributed by atoms with van der Waals surface area (Å²) in [4.78, 5) is 28.3. The van der Waals surface area contributed by atoms with Crippen LogP contribution in [0.2, 0.25) is 0 Å². The Morgan fingerprint density at radius 2 is 1.68 bits per heavy atom. The summed E-state index contributed by atoms with van der Waals surface area (Å²) >= 11 is 0. The predicted molar refractivity (Wildman–Crippen MR) is 109 cm³/mol. The molecule has 2 heterocycles. The van der Waals surface area contributed by atoms with Gasteiger partial charge in [-0.1, -0.05) is 0 Å². The zero-order chi connectivity index (χ0) is 19.1. The van der Waals surface area contributed by atoms with Crippen LogP contribution in [0.4, 0.5) is 0 Å². The molecule has 0 aliphatic carbocycles. The van der Waals surface area contributed by atoms with Crippen LogP contribution in [0.5, 0.6) is 5.75 Å². The highest BCUT2D eigenvalue weighted by Gasteiger charge is 2.24. The molecule has 0 aromatic heterocycles. The second kappa shape index (κ2) is 11.2. The van der Waals surface area contributed by atoms with E-state index in [1.54, 1.807) is 7.11 Å². The number of benzene rings is 1. The van der Waals surface area contributed by atoms with Gasteiger partial charge in [0.15, 0.2) is 0 Å². The normalized spacial score (nSPS) is 17.8. The van der Waals surface area contributed by atoms with Crippen molar-refractivity contribution in [1.29, 1.82) is 0 Å². The molecule has 3 rings (SSSR count). The summed E-state index contributed by atoms with van der Waals surface area (Å²) in [5.41, 5.74) is 0.697. The molecule has 1 aromatic carbocycles. The fraction of sp³-hybridized carbons (Fsp3) is 0.600. The van der Waals surface area contributed by atoms with Gasteiger partial charge in [-0.2, -0.15) is 0 Å². The number of hydrogen-bond donors (Lipinski definition) is 1. The number of ether oxygens (including phenoxy) is 2. The highest BCUT2D eigenvalue weighted by atomic mass is 35.5. The Kier molecular flexibility index (Phi) is 9.02. The number of halogens is 1. The number of likely N-dealkylation sites (tertiary alicyclic amines) is 1. The third-order valence-electron chi connectivity index (χ3n) is 5.12. The molecule has 7 nitrogen and oxygen atoms in total. The van der Waals surface area contributed by atoms with Gasteiger partial charge in [0.1, 0.15) is 11.9 Å². The van der Waals surface area contributed by atoms with Gasteiger partial charge in [-0.15, -0.1) is 12.4 Å². The minimum atomic E-state index is 0. The minimum Gasteiger partial charge on any atom is -0.490 e. The van der Waals surface area contributed by atoms with Crippen LogP contribution in [0.3, 0.4) is 0 Å². The molecule has 2 saturated heterocycles. The SMILES string of the molecule is COCCC(=O)N1CCC(Oc2ccc(C(=O)N3CCNCC3)cc2)CC1.Cl. The van der Waals surface area contributed by atoms with Crippen LogP contribution >= 0.6 is 12.4 Å². The first-order chi connectivity index (χ1) is 13.2. The molecule has 0 spiro atoms. The number of methoxy groups -OCH3 is 1. The number of nitrogens with zero attached hydrogens (tertiary/aromatic N) is 2. The van der Waals surface area contributed by atoms with E-state index in [-0.39, 0.29) is 30.3 Å². The molecule has 0 bridgehead atoms. The second-order valence-electron chi connectivity index (χ2n) is 7.01. The van der Waals surface area contributed by atoms with Crippen molar-refractivity contribution in [3.05, 3.63) is 29.8 Å². The highest BCUT2D eigenvalue weighted by Crippen LogP contribution is 2.20. The fourth-order valence-corrected chi connectivity index (χ4v) is 3.49. The van der Waals surface area contributed by atoms with Crippen LogP contribution in [0.25, 0.3) is 0 Å². The predicted octanol–water partition coefficient (Wildman–Crippen LogP) is 1.56. The zero-order valence-electron chi connectivity index (χ0n) is 16.4. The van der Waals surface area contributed by atoms with E-state index in [2.05, 4.69) is 5.32 Å². The molecule has 28 heavy (non-hydrogen) atoms. The van der Waals surface area contributed by atoms with Gasteiger partial charge in [0.05, 0.1) is 13.0 Å². The molecule has 156 valence electrons. The third kappa shape index (κ3) is 6.09. The van der Waals surface area contributed by atoms with E-state index >= 15 is 0 Å². The summed E-state index contributed by atoms with van der Waals surface area (Å²) in [5.74, 6) is 0.994. The number of carbonyl (C=O) groups is 2. The van der Waals surface area contributed by atoms with E-state index < -0.39 is 0 Å². The quantitative estimate of drug-likeness (QED) is 0.769. The topological polar surface area (TPSA) is 71.1 Å². The number of amides is 2. The number of piperidine rings is 1. The van der Waals surface area contributed by atoms with Gasteiger partial charge in [-0.25, -0.2) is 0 Å². The largest absolute Gasteiger partial charge is 0.490 e. The standard InChI is InChI=1S/C20H29N3O4.ClH/c1-26-15-8-19(24)22-11-6-18(7-12-22)27-17-4-2-16(3-5-17)20(25)23-13-9-21-10-14-23;/h2-5,18,21H,6-15H2,1H3;1H. The lowest BCUT2D eigenvalue weighted by Gasteiger charge is -2.32. The van der Waals surface area contributed by atoms with E-state index in [9.17, 15) is 9.59 Å². The van der Waals surface area contributed by atoms with E-state index in [0.29, 0.717) is 31.7 Å². The molecule has 0 radical (unpaired) electrons. The van der Waals surface area contributed by atoms with Crippen molar-refractivity contribution in [2.24, 2.45) is 0 Å². The minimum absolute atomic E-state index is 0. The van der Waals surface area contributed by atoms with Crippen LogP contribution in [0.15, 0.2) is 24.3 Å². The summed E-state index contributed by atoms with van der Waals surface area (Å²) in [7, 11) is 1.61. The first kappa shape index (κ1) is 22.5. The highest BCUT2D eigenvalue weighted by molar-refractivity contribution is 5.94. The van der Waals surface area contributed by atoms with E-state index in [0.717, 1.165) is 44.8 Å². The van der Waals surface area contributed by atoms with E-state index in [1.165, 1.54) is 0 Å². The van der Waals surface area contributed by atoms with Crippen LogP contribution in [0, 0.1) is 0 Å². The number of rotatable bonds is 6. The number of nitrogens with one attached hydrogen (secondary N) is 1. The molecule has 0 saturated carbocycles. The van der Waals surface area contributed by atoms with Gasteiger partial charge in [0.25, 0.3) is 5.91 Å². The van der Waals surface area contributed by atoms with E-state index in [4.69, 9.17) is 9.47 Å². The van der Waals surface area contributed by atoms with Crippen LogP contribution in [-0.2, 0) is 9.53 Å². The first-order valence-corrected chi connectivity index (χ1v) is 9.71. The molecule has 8 heteroatoms. The average molecular weight is 412 g/mol. The van der Waals surface area contributed by atoms with Crippen molar-refractivity contribution in [2.75, 3.05) is 53.0 Å². The van der Waals surface area contributed by atoms with Gasteiger partial charge < -0.3 is 24.6 Å². The van der Waals surface area contributed by atoms with Gasteiger partial charge in [-0.05, 0) is 24.3 Å². The summed E-state index contributed by atoms with van der Waals surface area (Å²) < 4.78 is 11.0. The molecule has 2 aliphatic rings. The number of carbonyl (C=O) groups excluding carboxylic acids is 2. The Bertz CT molecular complexity index is 627. The fourth-order valence-electron chi connectivity index (χ4n) is 3.49. The van der Waals surface area contributed by atoms with Gasteiger partial charge >= 0.3 is 0 Å². The van der Waals surface area contributed by atoms with Crippen LogP contribution in [0.1, 0.15) is 29.6 Å². The summed E-state index contributed by atoms with van der Waals surface area (Å²) in [6, 6.07) is 7.41. The molecule has 2 aliphatic heterocycles. The summed E-state index contributed by atoms with van der Waals surface area (Å²) in [6.45, 7) is 5.09. The maximum atomic E-state index is 12.5. The van der Waals surface area contributed by atoms with Crippen molar-refractivity contribution in [3.8, 4) is 5.75 Å². The Morgan fingerprint density at radius 3 is 2.29 bits per heavy atom. The van der Waals surface area contributed by atoms with Crippen molar-refractivity contribution in [1.82, 2.24) is 15.1 Å². The second-order valence-corrected chi connectivity index (χ2v) is 7.01.